The maximum atomic E-state index is 12.9. The average Bonchev–Trinajstić information content (AvgIpc) is 2.91. The molecule has 3 rings (SSSR count). The molecule has 1 saturated heterocycles. The van der Waals surface area contributed by atoms with Crippen LogP contribution >= 0.6 is 0 Å². The first-order chi connectivity index (χ1) is 14.0. The number of rotatable bonds is 2. The quantitative estimate of drug-likeness (QED) is 0.584. The van der Waals surface area contributed by atoms with Crippen molar-refractivity contribution in [2.75, 3.05) is 13.1 Å². The van der Waals surface area contributed by atoms with Crippen molar-refractivity contribution in [3.05, 3.63) is 58.4 Å². The number of likely N-dealkylation sites (tertiary alicyclic amines) is 1. The first kappa shape index (κ1) is 21.6. The summed E-state index contributed by atoms with van der Waals surface area (Å²) < 4.78 is 5.56. The molecule has 30 heavy (non-hydrogen) atoms. The zero-order valence-electron chi connectivity index (χ0n) is 18.1. The van der Waals surface area contributed by atoms with Gasteiger partial charge in [-0.3, -0.25) is 19.4 Å². The third kappa shape index (κ3) is 3.97. The fraction of sp³-hybridized carbons (Fsp3) is 0.435. The molecule has 1 fully saturated rings. The molecule has 2 heterocycles. The third-order valence-corrected chi connectivity index (χ3v) is 5.28. The lowest BCUT2D eigenvalue weighted by Gasteiger charge is -2.40. The van der Waals surface area contributed by atoms with Crippen LogP contribution in [0.25, 0.3) is 0 Å². The molecule has 7 nitrogen and oxygen atoms in total. The number of amides is 3. The van der Waals surface area contributed by atoms with Crippen LogP contribution in [-0.2, 0) is 4.74 Å². The summed E-state index contributed by atoms with van der Waals surface area (Å²) in [7, 11) is 0. The van der Waals surface area contributed by atoms with Crippen LogP contribution in [0.2, 0.25) is 0 Å². The fourth-order valence-corrected chi connectivity index (χ4v) is 3.98. The predicted octanol–water partition coefficient (Wildman–Crippen LogP) is 4.07. The van der Waals surface area contributed by atoms with E-state index >= 15 is 0 Å². The Labute approximate surface area is 176 Å². The zero-order chi connectivity index (χ0) is 22.2. The molecule has 0 saturated carbocycles. The second-order valence-electron chi connectivity index (χ2n) is 8.52. The molecular formula is C23H28N2O5. The van der Waals surface area contributed by atoms with Gasteiger partial charge in [-0.2, -0.15) is 0 Å². The lowest BCUT2D eigenvalue weighted by atomic mass is 9.89. The van der Waals surface area contributed by atoms with Crippen LogP contribution < -0.4 is 0 Å². The van der Waals surface area contributed by atoms with Gasteiger partial charge in [0.05, 0.1) is 29.5 Å². The highest BCUT2D eigenvalue weighted by molar-refractivity contribution is 6.21. The smallest absolute Gasteiger partial charge is 0.410 e. The predicted molar refractivity (Wildman–Crippen MR) is 112 cm³/mol. The van der Waals surface area contributed by atoms with E-state index in [-0.39, 0.29) is 12.3 Å². The summed E-state index contributed by atoms with van der Waals surface area (Å²) in [5.74, 6) is -0.748. The molecule has 2 aliphatic heterocycles. The fourth-order valence-electron chi connectivity index (χ4n) is 3.98. The zero-order valence-corrected chi connectivity index (χ0v) is 18.1. The molecule has 1 aromatic carbocycles. The summed E-state index contributed by atoms with van der Waals surface area (Å²) in [4.78, 5) is 41.4. The van der Waals surface area contributed by atoms with E-state index in [2.05, 4.69) is 0 Å². The number of fused-ring (bicyclic) bond motifs is 1. The second-order valence-corrected chi connectivity index (χ2v) is 8.52. The van der Waals surface area contributed by atoms with Gasteiger partial charge in [0.2, 0.25) is 0 Å². The molecule has 0 aliphatic carbocycles. The number of carbonyl (C=O) groups excluding carboxylic acids is 3. The van der Waals surface area contributed by atoms with Crippen LogP contribution in [0.4, 0.5) is 4.79 Å². The van der Waals surface area contributed by atoms with Crippen LogP contribution in [0, 0.1) is 0 Å². The first-order valence-corrected chi connectivity index (χ1v) is 10.0. The van der Waals surface area contributed by atoms with Crippen molar-refractivity contribution in [3.8, 4) is 0 Å². The summed E-state index contributed by atoms with van der Waals surface area (Å²) in [6.07, 6.45) is 1.89. The van der Waals surface area contributed by atoms with Crippen LogP contribution in [0.3, 0.4) is 0 Å². The molecule has 0 bridgehead atoms. The van der Waals surface area contributed by atoms with E-state index in [4.69, 9.17) is 4.74 Å². The Kier molecular flexibility index (Phi) is 5.74. The number of allylic oxidation sites excluding steroid dienone is 2. The van der Waals surface area contributed by atoms with Gasteiger partial charge in [0, 0.05) is 12.1 Å². The van der Waals surface area contributed by atoms with Crippen molar-refractivity contribution >= 4 is 17.9 Å². The summed E-state index contributed by atoms with van der Waals surface area (Å²) in [5, 5.41) is 10.4. The number of nitrogens with zero attached hydrogens (tertiary/aromatic N) is 2. The van der Waals surface area contributed by atoms with E-state index in [9.17, 15) is 19.5 Å². The molecular weight excluding hydrogens is 384 g/mol. The van der Waals surface area contributed by atoms with Crippen molar-refractivity contribution in [1.82, 2.24) is 9.80 Å². The lowest BCUT2D eigenvalue weighted by Crippen LogP contribution is -2.53. The number of benzene rings is 1. The highest BCUT2D eigenvalue weighted by Gasteiger charge is 2.42. The van der Waals surface area contributed by atoms with Gasteiger partial charge in [0.15, 0.2) is 0 Å². The standard InChI is InChI=1S/C23H28N2O5/c1-6-15-11-12-24(22(29)30-23(3,4)5)18(19(15)14(2)26)13-25-20(27)16-9-7-8-10-17(16)21(25)28/h6-10,18,26H,11-13H2,1-5H3/b15-6-,19-14-/t18-/m1/s1. The highest BCUT2D eigenvalue weighted by atomic mass is 16.6. The second kappa shape index (κ2) is 7.97. The van der Waals surface area contributed by atoms with Crippen molar-refractivity contribution in [1.29, 1.82) is 0 Å². The van der Waals surface area contributed by atoms with Gasteiger partial charge in [-0.05, 0) is 58.7 Å². The van der Waals surface area contributed by atoms with Crippen molar-refractivity contribution in [2.45, 2.75) is 52.7 Å². The van der Waals surface area contributed by atoms with Gasteiger partial charge in [-0.25, -0.2) is 4.79 Å². The molecule has 160 valence electrons. The van der Waals surface area contributed by atoms with Crippen molar-refractivity contribution in [3.63, 3.8) is 0 Å². The average molecular weight is 412 g/mol. The van der Waals surface area contributed by atoms with Gasteiger partial charge < -0.3 is 9.84 Å². The maximum Gasteiger partial charge on any atom is 0.410 e. The van der Waals surface area contributed by atoms with Gasteiger partial charge in [-0.15, -0.1) is 0 Å². The van der Waals surface area contributed by atoms with E-state index in [0.29, 0.717) is 29.7 Å². The molecule has 3 amide bonds. The third-order valence-electron chi connectivity index (χ3n) is 5.28. The van der Waals surface area contributed by atoms with Gasteiger partial charge >= 0.3 is 6.09 Å². The van der Waals surface area contributed by atoms with Crippen LogP contribution in [0.5, 0.6) is 0 Å². The molecule has 0 aromatic heterocycles. The normalized spacial score (nSPS) is 22.4. The van der Waals surface area contributed by atoms with Crippen LogP contribution in [0.15, 0.2) is 47.2 Å². The largest absolute Gasteiger partial charge is 0.512 e. The topological polar surface area (TPSA) is 87.2 Å². The number of hydrogen-bond donors (Lipinski definition) is 1. The molecule has 1 aromatic rings. The Morgan fingerprint density at radius 1 is 1.20 bits per heavy atom. The summed E-state index contributed by atoms with van der Waals surface area (Å²) in [6, 6.07) is 5.96. The number of carbonyl (C=O) groups is 3. The number of imide groups is 1. The minimum atomic E-state index is -0.702. The van der Waals surface area contributed by atoms with E-state index in [1.54, 1.807) is 52.0 Å². The molecule has 0 unspecified atom stereocenters. The molecule has 1 N–H and O–H groups in total. The van der Waals surface area contributed by atoms with E-state index in [0.717, 1.165) is 10.5 Å². The Hall–Kier alpha value is -3.09. The van der Waals surface area contributed by atoms with Gasteiger partial charge in [0.1, 0.15) is 5.60 Å². The molecule has 0 spiro atoms. The van der Waals surface area contributed by atoms with E-state index < -0.39 is 29.6 Å². The summed E-state index contributed by atoms with van der Waals surface area (Å²) in [6.45, 7) is 9.04. The Morgan fingerprint density at radius 3 is 2.23 bits per heavy atom. The SMILES string of the molecule is C/C=C1/CCN(C(=O)OC(C)(C)C)[C@H](CN2C(=O)c3ccccc3C2=O)/C1=C(/C)O. The Bertz CT molecular complexity index is 916. The minimum absolute atomic E-state index is 0.0537. The molecule has 2 aliphatic rings. The minimum Gasteiger partial charge on any atom is -0.512 e. The van der Waals surface area contributed by atoms with E-state index in [1.807, 2.05) is 13.0 Å². The number of ether oxygens (including phenoxy) is 1. The monoisotopic (exact) mass is 412 g/mol. The molecule has 1 atom stereocenters. The van der Waals surface area contributed by atoms with Gasteiger partial charge in [0.25, 0.3) is 11.8 Å². The van der Waals surface area contributed by atoms with Crippen molar-refractivity contribution in [2.24, 2.45) is 0 Å². The van der Waals surface area contributed by atoms with Crippen molar-refractivity contribution < 1.29 is 24.2 Å². The highest BCUT2D eigenvalue weighted by Crippen LogP contribution is 2.33. The van der Waals surface area contributed by atoms with Gasteiger partial charge in [-0.1, -0.05) is 18.2 Å². The van der Waals surface area contributed by atoms with E-state index in [1.165, 1.54) is 4.90 Å². The first-order valence-electron chi connectivity index (χ1n) is 10.0. The summed E-state index contributed by atoms with van der Waals surface area (Å²) in [5.41, 5.74) is 1.43. The number of piperidine rings is 1. The Morgan fingerprint density at radius 2 is 1.77 bits per heavy atom. The Balaban J connectivity index is 1.99. The van der Waals surface area contributed by atoms with Crippen LogP contribution in [-0.4, -0.2) is 57.5 Å². The molecule has 0 radical (unpaired) electrons. The lowest BCUT2D eigenvalue weighted by molar-refractivity contribution is 0.0136. The number of aliphatic hydroxyl groups is 1. The number of hydrogen-bond acceptors (Lipinski definition) is 5. The number of aliphatic hydroxyl groups excluding tert-OH is 1. The maximum absolute atomic E-state index is 12.9. The molecule has 7 heteroatoms. The van der Waals surface area contributed by atoms with Crippen LogP contribution in [0.1, 0.15) is 61.8 Å². The summed E-state index contributed by atoms with van der Waals surface area (Å²) >= 11 is 0.